The largest absolute Gasteiger partial charge is 0.388 e. The van der Waals surface area contributed by atoms with Gasteiger partial charge in [-0.2, -0.15) is 0 Å². The maximum Gasteiger partial charge on any atom is 0.0798 e. The minimum atomic E-state index is -0.171. The topological polar surface area (TPSA) is 20.2 Å². The van der Waals surface area contributed by atoms with Gasteiger partial charge in [0.25, 0.3) is 0 Å². The standard InChI is InChI=1S/C8H10OS/c9-7-2-1-3-8-6(7)4-5-10-8/h1,3,7,9H,2,4-5H2. The van der Waals surface area contributed by atoms with E-state index in [1.54, 1.807) is 0 Å². The smallest absolute Gasteiger partial charge is 0.0798 e. The molecule has 1 nitrogen and oxygen atoms in total. The highest BCUT2D eigenvalue weighted by molar-refractivity contribution is 8.03. The van der Waals surface area contributed by atoms with Crippen molar-refractivity contribution in [2.24, 2.45) is 0 Å². The van der Waals surface area contributed by atoms with Gasteiger partial charge >= 0.3 is 0 Å². The first-order valence-electron chi connectivity index (χ1n) is 3.58. The zero-order valence-electron chi connectivity index (χ0n) is 5.71. The van der Waals surface area contributed by atoms with E-state index in [0.717, 1.165) is 18.6 Å². The Labute approximate surface area is 64.8 Å². The predicted octanol–water partition coefficient (Wildman–Crippen LogP) is 1.70. The molecule has 1 unspecified atom stereocenters. The van der Waals surface area contributed by atoms with Gasteiger partial charge in [0, 0.05) is 10.7 Å². The first-order chi connectivity index (χ1) is 4.88. The molecule has 0 amide bonds. The third-order valence-electron chi connectivity index (χ3n) is 1.98. The van der Waals surface area contributed by atoms with Crippen LogP contribution in [0, 0.1) is 0 Å². The van der Waals surface area contributed by atoms with Gasteiger partial charge < -0.3 is 5.11 Å². The van der Waals surface area contributed by atoms with E-state index in [9.17, 15) is 5.11 Å². The van der Waals surface area contributed by atoms with Crippen LogP contribution in [0.4, 0.5) is 0 Å². The van der Waals surface area contributed by atoms with Gasteiger partial charge in [0.05, 0.1) is 6.10 Å². The van der Waals surface area contributed by atoms with E-state index >= 15 is 0 Å². The van der Waals surface area contributed by atoms with Gasteiger partial charge in [-0.1, -0.05) is 12.2 Å². The van der Waals surface area contributed by atoms with Crippen LogP contribution >= 0.6 is 11.8 Å². The summed E-state index contributed by atoms with van der Waals surface area (Å²) in [5.41, 5.74) is 1.27. The van der Waals surface area contributed by atoms with Crippen molar-refractivity contribution in [2.75, 3.05) is 5.75 Å². The van der Waals surface area contributed by atoms with Crippen molar-refractivity contribution in [3.63, 3.8) is 0 Å². The summed E-state index contributed by atoms with van der Waals surface area (Å²) in [7, 11) is 0. The van der Waals surface area contributed by atoms with Crippen molar-refractivity contribution >= 4 is 11.8 Å². The van der Waals surface area contributed by atoms with E-state index in [2.05, 4.69) is 12.2 Å². The minimum absolute atomic E-state index is 0.171. The fourth-order valence-corrected chi connectivity index (χ4v) is 2.58. The molecule has 2 heteroatoms. The van der Waals surface area contributed by atoms with Gasteiger partial charge in [-0.05, 0) is 18.4 Å². The monoisotopic (exact) mass is 154 g/mol. The number of rotatable bonds is 0. The molecule has 2 rings (SSSR count). The molecular formula is C8H10OS. The number of hydrogen-bond donors (Lipinski definition) is 1. The molecule has 1 aliphatic heterocycles. The highest BCUT2D eigenvalue weighted by Crippen LogP contribution is 2.37. The van der Waals surface area contributed by atoms with Crippen molar-refractivity contribution < 1.29 is 5.11 Å². The predicted molar refractivity (Wildman–Crippen MR) is 43.9 cm³/mol. The molecule has 0 bridgehead atoms. The number of hydrogen-bond acceptors (Lipinski definition) is 2. The fraction of sp³-hybridized carbons (Fsp3) is 0.500. The lowest BCUT2D eigenvalue weighted by Crippen LogP contribution is -2.10. The summed E-state index contributed by atoms with van der Waals surface area (Å²) >= 11 is 1.86. The highest BCUT2D eigenvalue weighted by atomic mass is 32.2. The molecule has 0 aromatic heterocycles. The van der Waals surface area contributed by atoms with Crippen LogP contribution in [-0.2, 0) is 0 Å². The Hall–Kier alpha value is -0.210. The lowest BCUT2D eigenvalue weighted by Gasteiger charge is -2.13. The second-order valence-electron chi connectivity index (χ2n) is 2.64. The number of thioether (sulfide) groups is 1. The molecule has 2 aliphatic rings. The molecule has 10 heavy (non-hydrogen) atoms. The SMILES string of the molecule is OC1CC=CC2=C1CCS2. The quantitative estimate of drug-likeness (QED) is 0.573. The summed E-state index contributed by atoms with van der Waals surface area (Å²) in [6, 6.07) is 0. The number of aliphatic hydroxyl groups is 1. The Kier molecular flexibility index (Phi) is 1.58. The molecular weight excluding hydrogens is 144 g/mol. The van der Waals surface area contributed by atoms with Gasteiger partial charge in [0.2, 0.25) is 0 Å². The summed E-state index contributed by atoms with van der Waals surface area (Å²) in [5.74, 6) is 1.16. The lowest BCUT2D eigenvalue weighted by molar-refractivity contribution is 0.210. The minimum Gasteiger partial charge on any atom is -0.388 e. The van der Waals surface area contributed by atoms with Crippen molar-refractivity contribution in [3.05, 3.63) is 22.6 Å². The molecule has 1 atom stereocenters. The van der Waals surface area contributed by atoms with Gasteiger partial charge in [-0.25, -0.2) is 0 Å². The summed E-state index contributed by atoms with van der Waals surface area (Å²) in [5, 5.41) is 9.46. The van der Waals surface area contributed by atoms with Crippen LogP contribution in [0.1, 0.15) is 12.8 Å². The van der Waals surface area contributed by atoms with Crippen molar-refractivity contribution in [1.82, 2.24) is 0 Å². The van der Waals surface area contributed by atoms with E-state index in [-0.39, 0.29) is 6.10 Å². The van der Waals surface area contributed by atoms with Crippen LogP contribution < -0.4 is 0 Å². The molecule has 54 valence electrons. The van der Waals surface area contributed by atoms with E-state index in [0.29, 0.717) is 0 Å². The average molecular weight is 154 g/mol. The number of allylic oxidation sites excluding steroid dienone is 1. The average Bonchev–Trinajstić information content (AvgIpc) is 2.36. The van der Waals surface area contributed by atoms with Crippen LogP contribution in [0.25, 0.3) is 0 Å². The fourth-order valence-electron chi connectivity index (χ4n) is 1.42. The van der Waals surface area contributed by atoms with Gasteiger partial charge in [0.1, 0.15) is 0 Å². The van der Waals surface area contributed by atoms with Crippen molar-refractivity contribution in [1.29, 1.82) is 0 Å². The highest BCUT2D eigenvalue weighted by Gasteiger charge is 2.21. The molecule has 0 fully saturated rings. The van der Waals surface area contributed by atoms with Crippen LogP contribution in [0.15, 0.2) is 22.6 Å². The van der Waals surface area contributed by atoms with Crippen molar-refractivity contribution in [2.45, 2.75) is 18.9 Å². The summed E-state index contributed by atoms with van der Waals surface area (Å²) in [6.45, 7) is 0. The van der Waals surface area contributed by atoms with Crippen LogP contribution in [0.2, 0.25) is 0 Å². The first-order valence-corrected chi connectivity index (χ1v) is 4.57. The third kappa shape index (κ3) is 0.917. The van der Waals surface area contributed by atoms with Crippen LogP contribution in [0.5, 0.6) is 0 Å². The molecule has 1 N–H and O–H groups in total. The zero-order valence-corrected chi connectivity index (χ0v) is 6.53. The molecule has 0 saturated carbocycles. The van der Waals surface area contributed by atoms with Gasteiger partial charge in [0.15, 0.2) is 0 Å². The maximum absolute atomic E-state index is 9.46. The molecule has 0 saturated heterocycles. The Balaban J connectivity index is 2.30. The van der Waals surface area contributed by atoms with E-state index in [1.807, 2.05) is 11.8 Å². The molecule has 0 spiro atoms. The van der Waals surface area contributed by atoms with E-state index in [1.165, 1.54) is 10.5 Å². The first kappa shape index (κ1) is 6.50. The number of aliphatic hydroxyl groups excluding tert-OH is 1. The molecule has 1 heterocycles. The molecule has 0 aromatic carbocycles. The Morgan fingerprint density at radius 3 is 3.30 bits per heavy atom. The second kappa shape index (κ2) is 2.44. The van der Waals surface area contributed by atoms with Crippen LogP contribution in [0.3, 0.4) is 0 Å². The van der Waals surface area contributed by atoms with Gasteiger partial charge in [-0.3, -0.25) is 0 Å². The normalized spacial score (nSPS) is 31.1. The van der Waals surface area contributed by atoms with Crippen molar-refractivity contribution in [3.8, 4) is 0 Å². The van der Waals surface area contributed by atoms with E-state index < -0.39 is 0 Å². The summed E-state index contributed by atoms with van der Waals surface area (Å²) in [4.78, 5) is 1.32. The summed E-state index contributed by atoms with van der Waals surface area (Å²) < 4.78 is 0. The third-order valence-corrected chi connectivity index (χ3v) is 3.09. The summed E-state index contributed by atoms with van der Waals surface area (Å²) in [6.07, 6.45) is 5.93. The Bertz CT molecular complexity index is 205. The molecule has 1 aliphatic carbocycles. The Morgan fingerprint density at radius 2 is 2.50 bits per heavy atom. The molecule has 0 aromatic rings. The Morgan fingerprint density at radius 1 is 1.60 bits per heavy atom. The van der Waals surface area contributed by atoms with Gasteiger partial charge in [-0.15, -0.1) is 11.8 Å². The van der Waals surface area contributed by atoms with Crippen LogP contribution in [-0.4, -0.2) is 17.0 Å². The maximum atomic E-state index is 9.46. The lowest BCUT2D eigenvalue weighted by atomic mass is 10.00. The molecule has 0 radical (unpaired) electrons. The van der Waals surface area contributed by atoms with E-state index in [4.69, 9.17) is 0 Å². The zero-order chi connectivity index (χ0) is 6.97. The second-order valence-corrected chi connectivity index (χ2v) is 3.78.